The van der Waals surface area contributed by atoms with Crippen LogP contribution in [0, 0.1) is 19.8 Å². The molecule has 0 radical (unpaired) electrons. The lowest BCUT2D eigenvalue weighted by Crippen LogP contribution is -2.31. The van der Waals surface area contributed by atoms with Crippen molar-refractivity contribution < 1.29 is 0 Å². The van der Waals surface area contributed by atoms with Gasteiger partial charge in [0.05, 0.1) is 0 Å². The predicted molar refractivity (Wildman–Crippen MR) is 93.9 cm³/mol. The molecule has 1 aromatic carbocycles. The fourth-order valence-electron chi connectivity index (χ4n) is 2.95. The van der Waals surface area contributed by atoms with Crippen LogP contribution in [0.3, 0.4) is 0 Å². The first-order valence-corrected chi connectivity index (χ1v) is 8.47. The van der Waals surface area contributed by atoms with Crippen molar-refractivity contribution in [2.24, 2.45) is 5.92 Å². The predicted octanol–water partition coefficient (Wildman–Crippen LogP) is 4.32. The molecule has 2 atom stereocenters. The van der Waals surface area contributed by atoms with Gasteiger partial charge in [0.25, 0.3) is 0 Å². The molecule has 21 heavy (non-hydrogen) atoms. The molecule has 0 aliphatic heterocycles. The van der Waals surface area contributed by atoms with Crippen LogP contribution in [0.2, 0.25) is 0 Å². The Morgan fingerprint density at radius 2 is 1.71 bits per heavy atom. The van der Waals surface area contributed by atoms with Gasteiger partial charge in [0, 0.05) is 12.6 Å². The first-order chi connectivity index (χ1) is 9.99. The zero-order chi connectivity index (χ0) is 15.8. The van der Waals surface area contributed by atoms with E-state index in [0.717, 1.165) is 12.5 Å². The molecular formula is C19H34N2. The molecule has 0 spiro atoms. The van der Waals surface area contributed by atoms with Gasteiger partial charge in [-0.05, 0) is 51.9 Å². The number of hydrogen-bond donors (Lipinski definition) is 1. The van der Waals surface area contributed by atoms with Gasteiger partial charge in [0.15, 0.2) is 0 Å². The molecule has 1 rings (SSSR count). The molecule has 0 amide bonds. The van der Waals surface area contributed by atoms with Crippen molar-refractivity contribution in [3.63, 3.8) is 0 Å². The second kappa shape index (κ2) is 9.22. The molecule has 0 aromatic heterocycles. The van der Waals surface area contributed by atoms with Crippen LogP contribution in [0.4, 0.5) is 0 Å². The minimum absolute atomic E-state index is 0.453. The van der Waals surface area contributed by atoms with E-state index in [2.05, 4.69) is 70.1 Å². The van der Waals surface area contributed by atoms with Crippen molar-refractivity contribution in [1.82, 2.24) is 10.2 Å². The Morgan fingerprint density at radius 1 is 1.10 bits per heavy atom. The van der Waals surface area contributed by atoms with E-state index < -0.39 is 0 Å². The standard InChI is InChI=1S/C19H34N2/c1-7-15(3)14-21(8-2)10-9-19(20-6)18-12-16(4)11-17(5)13-18/h11-13,15,19-20H,7-10,14H2,1-6H3. The SMILES string of the molecule is CCC(C)CN(CC)CCC(NC)c1cc(C)cc(C)c1. The second-order valence-corrected chi connectivity index (χ2v) is 6.46. The van der Waals surface area contributed by atoms with E-state index in [1.807, 2.05) is 0 Å². The van der Waals surface area contributed by atoms with Crippen molar-refractivity contribution in [3.05, 3.63) is 34.9 Å². The van der Waals surface area contributed by atoms with Crippen molar-refractivity contribution in [2.75, 3.05) is 26.7 Å². The number of nitrogens with one attached hydrogen (secondary N) is 1. The Labute approximate surface area is 131 Å². The fourth-order valence-corrected chi connectivity index (χ4v) is 2.95. The van der Waals surface area contributed by atoms with Crippen molar-refractivity contribution >= 4 is 0 Å². The van der Waals surface area contributed by atoms with E-state index in [1.165, 1.54) is 42.6 Å². The zero-order valence-electron chi connectivity index (χ0n) is 14.9. The van der Waals surface area contributed by atoms with Crippen molar-refractivity contribution in [1.29, 1.82) is 0 Å². The molecule has 2 unspecified atom stereocenters. The highest BCUT2D eigenvalue weighted by atomic mass is 15.1. The third-order valence-corrected chi connectivity index (χ3v) is 4.44. The number of hydrogen-bond acceptors (Lipinski definition) is 2. The molecule has 1 N–H and O–H groups in total. The van der Waals surface area contributed by atoms with Gasteiger partial charge in [0.1, 0.15) is 0 Å². The Morgan fingerprint density at radius 3 is 2.19 bits per heavy atom. The van der Waals surface area contributed by atoms with Gasteiger partial charge in [-0.2, -0.15) is 0 Å². The summed E-state index contributed by atoms with van der Waals surface area (Å²) in [5, 5.41) is 3.49. The van der Waals surface area contributed by atoms with Crippen LogP contribution in [0.15, 0.2) is 18.2 Å². The Bertz CT molecular complexity index is 394. The lowest BCUT2D eigenvalue weighted by Gasteiger charge is -2.26. The van der Waals surface area contributed by atoms with E-state index >= 15 is 0 Å². The monoisotopic (exact) mass is 290 g/mol. The summed E-state index contributed by atoms with van der Waals surface area (Å²) in [7, 11) is 2.08. The summed E-state index contributed by atoms with van der Waals surface area (Å²) in [6, 6.07) is 7.34. The first-order valence-electron chi connectivity index (χ1n) is 8.47. The molecule has 2 nitrogen and oxygen atoms in total. The summed E-state index contributed by atoms with van der Waals surface area (Å²) in [6.45, 7) is 14.8. The van der Waals surface area contributed by atoms with Crippen molar-refractivity contribution in [2.45, 2.75) is 53.5 Å². The fraction of sp³-hybridized carbons (Fsp3) is 0.684. The summed E-state index contributed by atoms with van der Waals surface area (Å²) in [5.74, 6) is 0.791. The van der Waals surface area contributed by atoms with Gasteiger partial charge in [-0.3, -0.25) is 0 Å². The summed E-state index contributed by atoms with van der Waals surface area (Å²) in [5.41, 5.74) is 4.14. The molecule has 2 heteroatoms. The van der Waals surface area contributed by atoms with Crippen LogP contribution in [-0.4, -0.2) is 31.6 Å². The number of benzene rings is 1. The molecule has 0 fully saturated rings. The number of nitrogens with zero attached hydrogens (tertiary/aromatic N) is 1. The maximum atomic E-state index is 3.49. The lowest BCUT2D eigenvalue weighted by molar-refractivity contribution is 0.234. The molecule has 120 valence electrons. The van der Waals surface area contributed by atoms with Crippen LogP contribution in [-0.2, 0) is 0 Å². The minimum atomic E-state index is 0.453. The van der Waals surface area contributed by atoms with Crippen LogP contribution in [0.5, 0.6) is 0 Å². The van der Waals surface area contributed by atoms with Gasteiger partial charge < -0.3 is 10.2 Å². The molecule has 1 aromatic rings. The molecule has 0 bridgehead atoms. The minimum Gasteiger partial charge on any atom is -0.313 e. The number of rotatable bonds is 9. The van der Waals surface area contributed by atoms with E-state index in [1.54, 1.807) is 0 Å². The third-order valence-electron chi connectivity index (χ3n) is 4.44. The molecule has 0 saturated heterocycles. The van der Waals surface area contributed by atoms with E-state index in [0.29, 0.717) is 6.04 Å². The molecule has 0 heterocycles. The summed E-state index contributed by atoms with van der Waals surface area (Å²) >= 11 is 0. The Hall–Kier alpha value is -0.860. The van der Waals surface area contributed by atoms with Crippen molar-refractivity contribution in [3.8, 4) is 0 Å². The first kappa shape index (κ1) is 18.2. The van der Waals surface area contributed by atoms with Crippen LogP contribution in [0.25, 0.3) is 0 Å². The molecule has 0 saturated carbocycles. The van der Waals surface area contributed by atoms with Crippen LogP contribution in [0.1, 0.15) is 56.3 Å². The van der Waals surface area contributed by atoms with Gasteiger partial charge in [-0.1, -0.05) is 56.5 Å². The second-order valence-electron chi connectivity index (χ2n) is 6.46. The maximum absolute atomic E-state index is 3.49. The largest absolute Gasteiger partial charge is 0.313 e. The van der Waals surface area contributed by atoms with Gasteiger partial charge in [0.2, 0.25) is 0 Å². The third kappa shape index (κ3) is 6.19. The van der Waals surface area contributed by atoms with Crippen LogP contribution < -0.4 is 5.32 Å². The van der Waals surface area contributed by atoms with Crippen LogP contribution >= 0.6 is 0 Å². The maximum Gasteiger partial charge on any atom is 0.0329 e. The Kier molecular flexibility index (Phi) is 7.98. The highest BCUT2D eigenvalue weighted by Crippen LogP contribution is 2.20. The lowest BCUT2D eigenvalue weighted by atomic mass is 9.99. The Balaban J connectivity index is 2.64. The quantitative estimate of drug-likeness (QED) is 0.728. The normalized spacial score (nSPS) is 14.4. The smallest absolute Gasteiger partial charge is 0.0329 e. The van der Waals surface area contributed by atoms with Gasteiger partial charge in [-0.25, -0.2) is 0 Å². The average molecular weight is 290 g/mol. The molecular weight excluding hydrogens is 256 g/mol. The average Bonchev–Trinajstić information content (AvgIpc) is 2.45. The molecule has 0 aliphatic carbocycles. The highest BCUT2D eigenvalue weighted by Gasteiger charge is 2.13. The van der Waals surface area contributed by atoms with E-state index in [9.17, 15) is 0 Å². The zero-order valence-corrected chi connectivity index (χ0v) is 14.9. The topological polar surface area (TPSA) is 15.3 Å². The van der Waals surface area contributed by atoms with Gasteiger partial charge >= 0.3 is 0 Å². The number of aryl methyl sites for hydroxylation is 2. The summed E-state index contributed by atoms with van der Waals surface area (Å²) in [6.07, 6.45) is 2.44. The van der Waals surface area contributed by atoms with Gasteiger partial charge in [-0.15, -0.1) is 0 Å². The summed E-state index contributed by atoms with van der Waals surface area (Å²) < 4.78 is 0. The van der Waals surface area contributed by atoms with E-state index in [4.69, 9.17) is 0 Å². The molecule has 0 aliphatic rings. The highest BCUT2D eigenvalue weighted by molar-refractivity contribution is 5.30. The van der Waals surface area contributed by atoms with E-state index in [-0.39, 0.29) is 0 Å². The summed E-state index contributed by atoms with van der Waals surface area (Å²) in [4.78, 5) is 2.58.